The van der Waals surface area contributed by atoms with E-state index in [0.29, 0.717) is 0 Å². The van der Waals surface area contributed by atoms with Gasteiger partial charge in [-0.25, -0.2) is 16.7 Å². The molecule has 28 heavy (non-hydrogen) atoms. The molecule has 0 N–H and O–H groups in total. The van der Waals surface area contributed by atoms with E-state index in [4.69, 9.17) is 0 Å². The molecular formula is C24H23Fe2IS-2. The number of hydrogen-bond donors (Lipinski definition) is 0. The first-order chi connectivity index (χ1) is 12.4. The summed E-state index contributed by atoms with van der Waals surface area (Å²) >= 11 is 1.69. The van der Waals surface area contributed by atoms with E-state index < -0.39 is 0 Å². The van der Waals surface area contributed by atoms with Crippen LogP contribution >= 0.6 is 11.8 Å². The van der Waals surface area contributed by atoms with E-state index in [-0.39, 0.29) is 58.1 Å². The van der Waals surface area contributed by atoms with Crippen LogP contribution in [0.15, 0.2) is 4.90 Å². The zero-order valence-corrected chi connectivity index (χ0v) is 20.7. The first-order valence-corrected chi connectivity index (χ1v) is 9.25. The van der Waals surface area contributed by atoms with Gasteiger partial charge < -0.3 is 36.1 Å². The number of rotatable bonds is 1. The Kier molecular flexibility index (Phi) is 35.2. The van der Waals surface area contributed by atoms with Gasteiger partial charge in [0.15, 0.2) is 0 Å². The quantitative estimate of drug-likeness (QED) is 0.212. The van der Waals surface area contributed by atoms with Crippen molar-refractivity contribution in [3.8, 4) is 0 Å². The molecule has 0 aromatic heterocycles. The van der Waals surface area contributed by atoms with Crippen LogP contribution < -0.4 is 24.0 Å². The van der Waals surface area contributed by atoms with Gasteiger partial charge >= 0.3 is 0 Å². The average Bonchev–Trinajstić information content (AvgIpc) is 3.35. The third kappa shape index (κ3) is 27.7. The van der Waals surface area contributed by atoms with Gasteiger partial charge in [0.05, 0.1) is 0 Å². The SMILES string of the molecule is CS[c+]1[c-][c-]1.[CH]1[CH][CH][CH][CH]1.[CH]1[CH][CH][CH][CH]1.[CH]1[CH][CH][CH][CH]1.[CH]1[CH][CH][CH][CH]1.[Fe].[Fe].[I-]. The molecular weight excluding hydrogens is 559 g/mol. The smallest absolute Gasteiger partial charge is 0 e. The van der Waals surface area contributed by atoms with E-state index in [1.807, 2.05) is 135 Å². The van der Waals surface area contributed by atoms with Gasteiger partial charge in [0.2, 0.25) is 0 Å². The van der Waals surface area contributed by atoms with Crippen LogP contribution in [-0.2, 0) is 34.1 Å². The molecule has 1 aromatic carbocycles. The molecule has 0 heterocycles. The van der Waals surface area contributed by atoms with Crippen LogP contribution in [0.1, 0.15) is 0 Å². The van der Waals surface area contributed by atoms with E-state index in [2.05, 4.69) is 12.1 Å². The van der Waals surface area contributed by atoms with E-state index in [0.717, 1.165) is 0 Å². The van der Waals surface area contributed by atoms with Crippen molar-refractivity contribution in [3.05, 3.63) is 141 Å². The molecule has 0 aliphatic heterocycles. The van der Waals surface area contributed by atoms with Gasteiger partial charge in [-0.05, 0) is 135 Å². The molecule has 1 aromatic rings. The van der Waals surface area contributed by atoms with Crippen LogP contribution in [0.2, 0.25) is 0 Å². The van der Waals surface area contributed by atoms with Crippen molar-refractivity contribution in [2.75, 3.05) is 6.26 Å². The summed E-state index contributed by atoms with van der Waals surface area (Å²) in [7, 11) is 0. The fourth-order valence-electron chi connectivity index (χ4n) is 1.41. The molecule has 0 unspecified atom stereocenters. The minimum atomic E-state index is 0. The number of thioether (sulfide) groups is 1. The van der Waals surface area contributed by atoms with Crippen LogP contribution in [0.3, 0.4) is 0 Å². The number of hydrogen-bond acceptors (Lipinski definition) is 1. The van der Waals surface area contributed by atoms with E-state index >= 15 is 0 Å². The zero-order chi connectivity index (χ0) is 17.8. The Morgan fingerprint density at radius 2 is 0.571 bits per heavy atom. The topological polar surface area (TPSA) is 0 Å². The van der Waals surface area contributed by atoms with Crippen molar-refractivity contribution in [2.24, 2.45) is 0 Å². The molecule has 4 fully saturated rings. The summed E-state index contributed by atoms with van der Waals surface area (Å²) in [4.78, 5) is 1.17. The molecule has 4 saturated carbocycles. The van der Waals surface area contributed by atoms with Crippen LogP contribution in [0.5, 0.6) is 0 Å². The summed E-state index contributed by atoms with van der Waals surface area (Å²) in [5.74, 6) is 0. The average molecular weight is 582 g/mol. The molecule has 0 amide bonds. The Morgan fingerprint density at radius 3 is 0.607 bits per heavy atom. The van der Waals surface area contributed by atoms with Crippen LogP contribution in [0.25, 0.3) is 0 Å². The van der Waals surface area contributed by atoms with Crippen molar-refractivity contribution in [1.29, 1.82) is 0 Å². The molecule has 4 heteroatoms. The van der Waals surface area contributed by atoms with Gasteiger partial charge in [0, 0.05) is 34.1 Å². The molecule has 5 rings (SSSR count). The first-order valence-electron chi connectivity index (χ1n) is 8.03. The fraction of sp³-hybridized carbons (Fsp3) is 0.0417. The molecule has 0 spiro atoms. The van der Waals surface area contributed by atoms with Crippen LogP contribution in [0.4, 0.5) is 0 Å². The minimum absolute atomic E-state index is 0. The molecule has 4 aliphatic carbocycles. The normalized spacial score (nSPS) is 18.9. The van der Waals surface area contributed by atoms with Gasteiger partial charge in [0.1, 0.15) is 0 Å². The Bertz CT molecular complexity index is 238. The molecule has 150 valence electrons. The largest absolute Gasteiger partial charge is 1.00 e. The molecule has 0 nitrogen and oxygen atoms in total. The van der Waals surface area contributed by atoms with Crippen molar-refractivity contribution in [1.82, 2.24) is 0 Å². The van der Waals surface area contributed by atoms with Crippen molar-refractivity contribution in [3.63, 3.8) is 0 Å². The maximum atomic E-state index is 2.81. The molecule has 4 aliphatic rings. The second kappa shape index (κ2) is 28.7. The van der Waals surface area contributed by atoms with Crippen LogP contribution in [-0.4, -0.2) is 6.26 Å². The van der Waals surface area contributed by atoms with E-state index in [1.165, 1.54) is 4.90 Å². The predicted molar refractivity (Wildman–Crippen MR) is 109 cm³/mol. The van der Waals surface area contributed by atoms with E-state index in [9.17, 15) is 0 Å². The van der Waals surface area contributed by atoms with E-state index in [1.54, 1.807) is 11.8 Å². The third-order valence-corrected chi connectivity index (χ3v) is 3.27. The maximum absolute atomic E-state index is 2.81. The summed E-state index contributed by atoms with van der Waals surface area (Å²) in [6.07, 6.45) is 42.0. The Morgan fingerprint density at radius 1 is 0.429 bits per heavy atom. The third-order valence-electron chi connectivity index (χ3n) is 2.65. The van der Waals surface area contributed by atoms with Gasteiger partial charge in [-0.1, -0.05) is 0 Å². The summed E-state index contributed by atoms with van der Waals surface area (Å²) < 4.78 is 0. The van der Waals surface area contributed by atoms with Crippen molar-refractivity contribution >= 4 is 11.8 Å². The standard InChI is InChI=1S/4C5H5.C4H3S.2Fe.HI/c4*1-2-4-5-3-1;1-5-4-2-3-4;;;/h4*1-5H;1H3;;;1H/q;;;;-1;;;/p-1. The minimum Gasteiger partial charge on any atom is -1.00 e. The van der Waals surface area contributed by atoms with Gasteiger partial charge in [-0.15, -0.1) is 0 Å². The molecule has 0 bridgehead atoms. The zero-order valence-electron chi connectivity index (χ0n) is 15.5. The van der Waals surface area contributed by atoms with Crippen molar-refractivity contribution < 1.29 is 58.1 Å². The fourth-order valence-corrected chi connectivity index (χ4v) is 1.67. The summed E-state index contributed by atoms with van der Waals surface area (Å²) in [5.41, 5.74) is 0. The van der Waals surface area contributed by atoms with Gasteiger partial charge in [0.25, 0.3) is 0 Å². The summed E-state index contributed by atoms with van der Waals surface area (Å²) in [6.45, 7) is 0. The predicted octanol–water partition coefficient (Wildman–Crippen LogP) is 2.25. The Hall–Kier alpha value is 1.73. The van der Waals surface area contributed by atoms with Crippen LogP contribution in [0, 0.1) is 141 Å². The first kappa shape index (κ1) is 34.3. The monoisotopic (exact) mass is 582 g/mol. The molecule has 0 atom stereocenters. The summed E-state index contributed by atoms with van der Waals surface area (Å²) in [5, 5.41) is 0. The summed E-state index contributed by atoms with van der Waals surface area (Å²) in [6, 6.07) is 5.63. The van der Waals surface area contributed by atoms with Gasteiger partial charge in [-0.3, -0.25) is 0 Å². The number of halogens is 1. The Labute approximate surface area is 220 Å². The second-order valence-electron chi connectivity index (χ2n) is 4.63. The second-order valence-corrected chi connectivity index (χ2v) is 5.45. The van der Waals surface area contributed by atoms with Crippen molar-refractivity contribution in [2.45, 2.75) is 4.90 Å². The molecule has 0 saturated heterocycles. The maximum Gasteiger partial charge on any atom is 0 e. The van der Waals surface area contributed by atoms with Gasteiger partial charge in [-0.2, -0.15) is 0 Å². The Balaban J connectivity index is -0.000000272. The molecule has 20 radical (unpaired) electrons.